The first-order chi connectivity index (χ1) is 10.2. The lowest BCUT2D eigenvalue weighted by Gasteiger charge is -2.46. The fourth-order valence-electron chi connectivity index (χ4n) is 3.84. The van der Waals surface area contributed by atoms with E-state index in [-0.39, 0.29) is 0 Å². The van der Waals surface area contributed by atoms with E-state index in [0.29, 0.717) is 12.6 Å². The molecule has 116 valence electrons. The minimum Gasteiger partial charge on any atom is -0.329 e. The molecular weight excluding hydrogens is 326 g/mol. The van der Waals surface area contributed by atoms with Crippen molar-refractivity contribution >= 4 is 15.9 Å². The van der Waals surface area contributed by atoms with Gasteiger partial charge in [-0.1, -0.05) is 34.5 Å². The summed E-state index contributed by atoms with van der Waals surface area (Å²) in [4.78, 5) is 5.28. The van der Waals surface area contributed by atoms with Gasteiger partial charge >= 0.3 is 0 Å². The van der Waals surface area contributed by atoms with Gasteiger partial charge in [-0.3, -0.25) is 9.80 Å². The molecule has 21 heavy (non-hydrogen) atoms. The SMILES string of the molecule is Cc1ccc(C(CN)N2CCN3CCCCC3C2)c(Br)c1. The van der Waals surface area contributed by atoms with Crippen molar-refractivity contribution in [2.75, 3.05) is 32.7 Å². The van der Waals surface area contributed by atoms with E-state index in [0.717, 1.165) is 12.6 Å². The molecule has 2 heterocycles. The minimum absolute atomic E-state index is 0.337. The second-order valence-corrected chi connectivity index (χ2v) is 7.31. The topological polar surface area (TPSA) is 32.5 Å². The van der Waals surface area contributed by atoms with E-state index < -0.39 is 0 Å². The van der Waals surface area contributed by atoms with Crippen molar-refractivity contribution in [3.8, 4) is 0 Å². The number of fused-ring (bicyclic) bond motifs is 1. The minimum atomic E-state index is 0.337. The van der Waals surface area contributed by atoms with Gasteiger partial charge in [0.05, 0.1) is 0 Å². The standard InChI is InChI=1S/C17H26BrN3/c1-13-5-6-15(16(18)10-13)17(11-19)21-9-8-20-7-3-2-4-14(20)12-21/h5-6,10,14,17H,2-4,7-9,11-12,19H2,1H3. The lowest BCUT2D eigenvalue weighted by Crippen LogP contribution is -2.56. The van der Waals surface area contributed by atoms with E-state index >= 15 is 0 Å². The number of benzene rings is 1. The molecule has 0 saturated carbocycles. The van der Waals surface area contributed by atoms with Crippen molar-refractivity contribution in [1.82, 2.24) is 9.80 Å². The molecule has 3 rings (SSSR count). The highest BCUT2D eigenvalue weighted by Crippen LogP contribution is 2.31. The molecule has 3 nitrogen and oxygen atoms in total. The molecule has 0 spiro atoms. The number of hydrogen-bond acceptors (Lipinski definition) is 3. The van der Waals surface area contributed by atoms with E-state index in [4.69, 9.17) is 5.73 Å². The lowest BCUT2D eigenvalue weighted by molar-refractivity contribution is 0.0285. The van der Waals surface area contributed by atoms with Crippen LogP contribution in [-0.2, 0) is 0 Å². The fourth-order valence-corrected chi connectivity index (χ4v) is 4.60. The molecule has 2 aliphatic heterocycles. The summed E-state index contributed by atoms with van der Waals surface area (Å²) in [5.41, 5.74) is 8.76. The van der Waals surface area contributed by atoms with Crippen LogP contribution in [0.3, 0.4) is 0 Å². The van der Waals surface area contributed by atoms with Gasteiger partial charge in [0.15, 0.2) is 0 Å². The summed E-state index contributed by atoms with van der Waals surface area (Å²) in [6, 6.07) is 7.72. The largest absolute Gasteiger partial charge is 0.329 e. The number of piperazine rings is 1. The number of aryl methyl sites for hydroxylation is 1. The number of halogens is 1. The van der Waals surface area contributed by atoms with Crippen LogP contribution in [0.1, 0.15) is 36.4 Å². The maximum atomic E-state index is 6.13. The van der Waals surface area contributed by atoms with Gasteiger partial charge in [-0.15, -0.1) is 0 Å². The Bertz CT molecular complexity index is 491. The molecule has 2 fully saturated rings. The Morgan fingerprint density at radius 3 is 2.90 bits per heavy atom. The molecule has 0 bridgehead atoms. The molecule has 1 aromatic carbocycles. The van der Waals surface area contributed by atoms with Crippen molar-refractivity contribution in [2.24, 2.45) is 5.73 Å². The van der Waals surface area contributed by atoms with Crippen LogP contribution in [0.15, 0.2) is 22.7 Å². The first-order valence-electron chi connectivity index (χ1n) is 8.13. The third-order valence-corrected chi connectivity index (χ3v) is 5.73. The van der Waals surface area contributed by atoms with Crippen LogP contribution in [-0.4, -0.2) is 48.6 Å². The molecule has 0 amide bonds. The molecule has 1 aromatic rings. The van der Waals surface area contributed by atoms with Crippen LogP contribution in [0.5, 0.6) is 0 Å². The summed E-state index contributed by atoms with van der Waals surface area (Å²) >= 11 is 3.73. The highest BCUT2D eigenvalue weighted by molar-refractivity contribution is 9.10. The Labute approximate surface area is 136 Å². The van der Waals surface area contributed by atoms with Gasteiger partial charge in [-0.05, 0) is 43.5 Å². The molecular formula is C17H26BrN3. The second-order valence-electron chi connectivity index (χ2n) is 6.46. The van der Waals surface area contributed by atoms with Gasteiger partial charge in [0.1, 0.15) is 0 Å². The smallest absolute Gasteiger partial charge is 0.0482 e. The van der Waals surface area contributed by atoms with Crippen molar-refractivity contribution in [2.45, 2.75) is 38.3 Å². The van der Waals surface area contributed by atoms with E-state index in [1.54, 1.807) is 0 Å². The zero-order chi connectivity index (χ0) is 14.8. The monoisotopic (exact) mass is 351 g/mol. The van der Waals surface area contributed by atoms with Crippen LogP contribution in [0.4, 0.5) is 0 Å². The van der Waals surface area contributed by atoms with Gasteiger partial charge in [0.25, 0.3) is 0 Å². The summed E-state index contributed by atoms with van der Waals surface area (Å²) in [7, 11) is 0. The predicted octanol–water partition coefficient (Wildman–Crippen LogP) is 2.93. The quantitative estimate of drug-likeness (QED) is 0.908. The highest BCUT2D eigenvalue weighted by Gasteiger charge is 2.32. The summed E-state index contributed by atoms with van der Waals surface area (Å²) in [5.74, 6) is 0. The number of rotatable bonds is 3. The maximum absolute atomic E-state index is 6.13. The summed E-state index contributed by atoms with van der Waals surface area (Å²) in [6.07, 6.45) is 4.11. The molecule has 0 radical (unpaired) electrons. The lowest BCUT2D eigenvalue weighted by atomic mass is 9.96. The molecule has 2 atom stereocenters. The predicted molar refractivity (Wildman–Crippen MR) is 91.5 cm³/mol. The van der Waals surface area contributed by atoms with E-state index in [1.807, 2.05) is 0 Å². The van der Waals surface area contributed by atoms with E-state index in [9.17, 15) is 0 Å². The Morgan fingerprint density at radius 1 is 1.29 bits per heavy atom. The Morgan fingerprint density at radius 2 is 2.14 bits per heavy atom. The third-order valence-electron chi connectivity index (χ3n) is 5.05. The second kappa shape index (κ2) is 6.78. The van der Waals surface area contributed by atoms with Gasteiger partial charge in [-0.25, -0.2) is 0 Å². The first-order valence-corrected chi connectivity index (χ1v) is 8.92. The van der Waals surface area contributed by atoms with Crippen molar-refractivity contribution < 1.29 is 0 Å². The number of hydrogen-bond donors (Lipinski definition) is 1. The maximum Gasteiger partial charge on any atom is 0.0482 e. The van der Waals surface area contributed by atoms with Crippen molar-refractivity contribution in [1.29, 1.82) is 0 Å². The van der Waals surface area contributed by atoms with E-state index in [1.165, 1.54) is 54.5 Å². The first kappa shape index (κ1) is 15.5. The van der Waals surface area contributed by atoms with Crippen LogP contribution in [0, 0.1) is 6.92 Å². The van der Waals surface area contributed by atoms with Crippen molar-refractivity contribution in [3.63, 3.8) is 0 Å². The molecule has 4 heteroatoms. The molecule has 2 aliphatic rings. The van der Waals surface area contributed by atoms with Gasteiger partial charge < -0.3 is 5.73 Å². The molecule has 0 aliphatic carbocycles. The summed E-state index contributed by atoms with van der Waals surface area (Å²) < 4.78 is 1.20. The normalized spacial score (nSPS) is 25.6. The zero-order valence-corrected chi connectivity index (χ0v) is 14.5. The molecule has 2 unspecified atom stereocenters. The molecule has 2 N–H and O–H groups in total. The van der Waals surface area contributed by atoms with Gasteiger partial charge in [-0.2, -0.15) is 0 Å². The zero-order valence-electron chi connectivity index (χ0n) is 12.9. The van der Waals surface area contributed by atoms with Crippen LogP contribution < -0.4 is 5.73 Å². The number of nitrogens with zero attached hydrogens (tertiary/aromatic N) is 2. The molecule has 2 saturated heterocycles. The van der Waals surface area contributed by atoms with Crippen LogP contribution in [0.2, 0.25) is 0 Å². The highest BCUT2D eigenvalue weighted by atomic mass is 79.9. The van der Waals surface area contributed by atoms with Crippen LogP contribution >= 0.6 is 15.9 Å². The van der Waals surface area contributed by atoms with Crippen molar-refractivity contribution in [3.05, 3.63) is 33.8 Å². The Hall–Kier alpha value is -0.420. The third kappa shape index (κ3) is 3.34. The number of nitrogens with two attached hydrogens (primary N) is 1. The Kier molecular flexibility index (Phi) is 4.99. The average Bonchev–Trinajstić information content (AvgIpc) is 2.50. The van der Waals surface area contributed by atoms with Gasteiger partial charge in [0, 0.05) is 42.7 Å². The van der Waals surface area contributed by atoms with Crippen LogP contribution in [0.25, 0.3) is 0 Å². The number of piperidine rings is 1. The average molecular weight is 352 g/mol. The van der Waals surface area contributed by atoms with Gasteiger partial charge in [0.2, 0.25) is 0 Å². The Balaban J connectivity index is 1.77. The fraction of sp³-hybridized carbons (Fsp3) is 0.647. The summed E-state index contributed by atoms with van der Waals surface area (Å²) in [6.45, 7) is 7.62. The summed E-state index contributed by atoms with van der Waals surface area (Å²) in [5, 5.41) is 0. The molecule has 0 aromatic heterocycles. The van der Waals surface area contributed by atoms with E-state index in [2.05, 4.69) is 50.9 Å².